The van der Waals surface area contributed by atoms with Crippen LogP contribution in [0.4, 0.5) is 10.7 Å². The Morgan fingerprint density at radius 2 is 2.00 bits per heavy atom. The number of pyridine rings is 1. The fourth-order valence-corrected chi connectivity index (χ4v) is 3.11. The van der Waals surface area contributed by atoms with Crippen LogP contribution in [-0.2, 0) is 11.8 Å². The van der Waals surface area contributed by atoms with E-state index in [1.54, 1.807) is 24.3 Å². The van der Waals surface area contributed by atoms with Crippen molar-refractivity contribution in [3.8, 4) is 11.3 Å². The number of ether oxygens (including phenoxy) is 1. The van der Waals surface area contributed by atoms with E-state index in [1.165, 1.54) is 10.6 Å². The summed E-state index contributed by atoms with van der Waals surface area (Å²) >= 11 is 0. The number of carbonyl (C=O) groups is 1. The van der Waals surface area contributed by atoms with Gasteiger partial charge in [0.1, 0.15) is 5.60 Å². The number of amides is 1. The zero-order valence-electron chi connectivity index (χ0n) is 16.8. The third-order valence-electron chi connectivity index (χ3n) is 4.52. The van der Waals surface area contributed by atoms with Crippen LogP contribution in [0.1, 0.15) is 33.6 Å². The van der Waals surface area contributed by atoms with Crippen molar-refractivity contribution in [3.05, 3.63) is 40.9 Å². The Bertz CT molecular complexity index is 889. The van der Waals surface area contributed by atoms with E-state index in [4.69, 9.17) is 4.74 Å². The van der Waals surface area contributed by atoms with Crippen LogP contribution in [0.2, 0.25) is 0 Å². The molecule has 1 unspecified atom stereocenters. The van der Waals surface area contributed by atoms with Gasteiger partial charge in [-0.2, -0.15) is 0 Å². The maximum atomic E-state index is 12.4. The molecule has 0 radical (unpaired) electrons. The molecule has 0 aliphatic carbocycles. The van der Waals surface area contributed by atoms with Crippen molar-refractivity contribution in [1.82, 2.24) is 19.4 Å². The van der Waals surface area contributed by atoms with Gasteiger partial charge in [0.15, 0.2) is 0 Å². The van der Waals surface area contributed by atoms with Crippen molar-refractivity contribution >= 4 is 12.0 Å². The molecule has 1 amide bonds. The van der Waals surface area contributed by atoms with Gasteiger partial charge in [0, 0.05) is 50.2 Å². The second-order valence-corrected chi connectivity index (χ2v) is 8.01. The number of rotatable bonds is 3. The van der Waals surface area contributed by atoms with Gasteiger partial charge in [-0.25, -0.2) is 9.78 Å². The molecule has 8 nitrogen and oxygen atoms in total. The summed E-state index contributed by atoms with van der Waals surface area (Å²) in [5.74, 6) is 0.482. The molecule has 2 aromatic rings. The van der Waals surface area contributed by atoms with Gasteiger partial charge >= 0.3 is 6.09 Å². The topological polar surface area (TPSA) is 89.3 Å². The third-order valence-corrected chi connectivity index (χ3v) is 4.52. The molecule has 1 N–H and O–H groups in total. The van der Waals surface area contributed by atoms with Crippen molar-refractivity contribution in [2.45, 2.75) is 45.3 Å². The molecular weight excluding hydrogens is 358 g/mol. The number of likely N-dealkylation sites (tertiary alicyclic amines) is 1. The number of anilines is 1. The van der Waals surface area contributed by atoms with Gasteiger partial charge in [0.25, 0.3) is 5.56 Å². The maximum Gasteiger partial charge on any atom is 0.410 e. The van der Waals surface area contributed by atoms with Gasteiger partial charge in [0.05, 0.1) is 5.69 Å². The second-order valence-electron chi connectivity index (χ2n) is 8.01. The summed E-state index contributed by atoms with van der Waals surface area (Å²) < 4.78 is 6.96. The molecule has 0 spiro atoms. The maximum absolute atomic E-state index is 12.4. The molecule has 0 aromatic carbocycles. The lowest BCUT2D eigenvalue weighted by Crippen LogP contribution is -2.47. The van der Waals surface area contributed by atoms with Crippen LogP contribution in [0.3, 0.4) is 0 Å². The summed E-state index contributed by atoms with van der Waals surface area (Å²) in [6.07, 6.45) is 4.76. The lowest BCUT2D eigenvalue weighted by Gasteiger charge is -2.34. The molecule has 1 aliphatic heterocycles. The number of nitrogens with zero attached hydrogens (tertiary/aromatic N) is 4. The molecule has 150 valence electrons. The van der Waals surface area contributed by atoms with Gasteiger partial charge in [-0.1, -0.05) is 0 Å². The number of hydrogen-bond donors (Lipinski definition) is 1. The predicted octanol–water partition coefficient (Wildman–Crippen LogP) is 2.65. The molecular formula is C20H27N5O3. The zero-order valence-corrected chi connectivity index (χ0v) is 16.8. The predicted molar refractivity (Wildman–Crippen MR) is 107 cm³/mol. The van der Waals surface area contributed by atoms with Crippen LogP contribution in [0.5, 0.6) is 0 Å². The Morgan fingerprint density at radius 1 is 1.29 bits per heavy atom. The Labute approximate surface area is 164 Å². The van der Waals surface area contributed by atoms with Crippen molar-refractivity contribution in [2.75, 3.05) is 18.4 Å². The van der Waals surface area contributed by atoms with Crippen LogP contribution >= 0.6 is 0 Å². The van der Waals surface area contributed by atoms with Crippen LogP contribution < -0.4 is 10.9 Å². The first-order valence-electron chi connectivity index (χ1n) is 9.46. The first kappa shape index (κ1) is 19.9. The van der Waals surface area contributed by atoms with E-state index < -0.39 is 5.60 Å². The van der Waals surface area contributed by atoms with Crippen LogP contribution in [-0.4, -0.2) is 50.3 Å². The summed E-state index contributed by atoms with van der Waals surface area (Å²) in [4.78, 5) is 35.1. The number of hydrogen-bond acceptors (Lipinski definition) is 6. The summed E-state index contributed by atoms with van der Waals surface area (Å²) in [5.41, 5.74) is 0.744. The molecule has 3 rings (SSSR count). The Kier molecular flexibility index (Phi) is 5.67. The lowest BCUT2D eigenvalue weighted by atomic mass is 10.1. The van der Waals surface area contributed by atoms with Crippen molar-refractivity contribution in [1.29, 1.82) is 0 Å². The van der Waals surface area contributed by atoms with E-state index in [1.807, 2.05) is 32.9 Å². The van der Waals surface area contributed by atoms with Crippen molar-refractivity contribution in [3.63, 3.8) is 0 Å². The highest BCUT2D eigenvalue weighted by Gasteiger charge is 2.28. The average Bonchev–Trinajstić information content (AvgIpc) is 2.65. The highest BCUT2D eigenvalue weighted by Crippen LogP contribution is 2.20. The first-order chi connectivity index (χ1) is 13.2. The van der Waals surface area contributed by atoms with E-state index in [0.717, 1.165) is 18.4 Å². The first-order valence-corrected chi connectivity index (χ1v) is 9.46. The molecule has 8 heteroatoms. The van der Waals surface area contributed by atoms with Gasteiger partial charge < -0.3 is 15.0 Å². The zero-order chi connectivity index (χ0) is 20.3. The number of piperidine rings is 1. The normalized spacial score (nSPS) is 17.3. The van der Waals surface area contributed by atoms with E-state index in [9.17, 15) is 9.59 Å². The molecule has 0 saturated carbocycles. The molecule has 3 heterocycles. The van der Waals surface area contributed by atoms with Gasteiger partial charge in [-0.05, 0) is 45.7 Å². The molecule has 0 bridgehead atoms. The van der Waals surface area contributed by atoms with Gasteiger partial charge in [-0.15, -0.1) is 0 Å². The Morgan fingerprint density at radius 3 is 2.68 bits per heavy atom. The smallest absolute Gasteiger partial charge is 0.410 e. The van der Waals surface area contributed by atoms with Gasteiger partial charge in [0.2, 0.25) is 5.95 Å². The van der Waals surface area contributed by atoms with E-state index in [2.05, 4.69) is 15.3 Å². The standard InChI is InChI=1S/C20H27N5O3/c1-20(2,3)28-19(27)25-11-5-6-15(13-25)22-18-23-16(12-17(26)24(18)4)14-7-9-21-10-8-14/h7-10,12,15H,5-6,11,13H2,1-4H3,(H,22,23). The number of carbonyl (C=O) groups excluding carboxylic acids is 1. The summed E-state index contributed by atoms with van der Waals surface area (Å²) in [5, 5.41) is 3.33. The quantitative estimate of drug-likeness (QED) is 0.874. The molecule has 1 aliphatic rings. The number of aromatic nitrogens is 3. The Balaban J connectivity index is 1.77. The highest BCUT2D eigenvalue weighted by atomic mass is 16.6. The fraction of sp³-hybridized carbons (Fsp3) is 0.500. The molecule has 2 aromatic heterocycles. The molecule has 1 atom stereocenters. The van der Waals surface area contributed by atoms with E-state index in [-0.39, 0.29) is 17.7 Å². The van der Waals surface area contributed by atoms with Crippen molar-refractivity contribution < 1.29 is 9.53 Å². The molecule has 28 heavy (non-hydrogen) atoms. The largest absolute Gasteiger partial charge is 0.444 e. The molecule has 1 fully saturated rings. The average molecular weight is 385 g/mol. The minimum atomic E-state index is -0.526. The highest BCUT2D eigenvalue weighted by molar-refractivity contribution is 5.68. The third kappa shape index (κ3) is 4.88. The fourth-order valence-electron chi connectivity index (χ4n) is 3.11. The monoisotopic (exact) mass is 385 g/mol. The lowest BCUT2D eigenvalue weighted by molar-refractivity contribution is 0.0206. The summed E-state index contributed by atoms with van der Waals surface area (Å²) in [7, 11) is 1.68. The summed E-state index contributed by atoms with van der Waals surface area (Å²) in [6.45, 7) is 6.74. The summed E-state index contributed by atoms with van der Waals surface area (Å²) in [6, 6.07) is 5.13. The van der Waals surface area contributed by atoms with E-state index >= 15 is 0 Å². The Hall–Kier alpha value is -2.90. The van der Waals surface area contributed by atoms with Gasteiger partial charge in [-0.3, -0.25) is 14.3 Å². The number of nitrogens with one attached hydrogen (secondary N) is 1. The van der Waals surface area contributed by atoms with Crippen LogP contribution in [0.25, 0.3) is 11.3 Å². The minimum absolute atomic E-state index is 0.00735. The van der Waals surface area contributed by atoms with E-state index in [0.29, 0.717) is 24.7 Å². The SMILES string of the molecule is Cn1c(NC2CCCN(C(=O)OC(C)(C)C)C2)nc(-c2ccncc2)cc1=O. The molecule has 1 saturated heterocycles. The second kappa shape index (κ2) is 8.00. The van der Waals surface area contributed by atoms with Crippen LogP contribution in [0, 0.1) is 0 Å². The van der Waals surface area contributed by atoms with Crippen LogP contribution in [0.15, 0.2) is 35.4 Å². The minimum Gasteiger partial charge on any atom is -0.444 e. The van der Waals surface area contributed by atoms with Crippen molar-refractivity contribution in [2.24, 2.45) is 7.05 Å².